The van der Waals surface area contributed by atoms with Crippen molar-refractivity contribution >= 4 is 10.0 Å². The van der Waals surface area contributed by atoms with Crippen molar-refractivity contribution in [2.45, 2.75) is 38.7 Å². The molecule has 1 N–H and O–H groups in total. The van der Waals surface area contributed by atoms with E-state index in [0.29, 0.717) is 32.4 Å². The first-order valence-corrected chi connectivity index (χ1v) is 6.68. The molecule has 5 heteroatoms. The van der Waals surface area contributed by atoms with Gasteiger partial charge < -0.3 is 5.11 Å². The van der Waals surface area contributed by atoms with Gasteiger partial charge >= 0.3 is 0 Å². The van der Waals surface area contributed by atoms with Gasteiger partial charge in [-0.3, -0.25) is 0 Å². The molecule has 14 heavy (non-hydrogen) atoms. The van der Waals surface area contributed by atoms with Gasteiger partial charge in [0.25, 0.3) is 0 Å². The molecule has 1 heterocycles. The van der Waals surface area contributed by atoms with E-state index >= 15 is 0 Å². The highest BCUT2D eigenvalue weighted by atomic mass is 32.2. The van der Waals surface area contributed by atoms with Crippen molar-refractivity contribution in [3.8, 4) is 0 Å². The van der Waals surface area contributed by atoms with Crippen LogP contribution >= 0.6 is 0 Å². The molecular formula is C9H19NO3S. The molecule has 0 amide bonds. The number of aliphatic hydroxyl groups is 1. The zero-order chi connectivity index (χ0) is 10.8. The van der Waals surface area contributed by atoms with Crippen LogP contribution in [0.15, 0.2) is 0 Å². The Morgan fingerprint density at radius 1 is 1.36 bits per heavy atom. The lowest BCUT2D eigenvalue weighted by molar-refractivity contribution is 0.0126. The minimum absolute atomic E-state index is 0.217. The standard InChI is InChI=1S/C9H19NO3S/c1-3-8-14(12,13)10-6-4-9(2,11)5-7-10/h11H,3-8H2,1-2H3. The van der Waals surface area contributed by atoms with Crippen molar-refractivity contribution in [1.82, 2.24) is 4.31 Å². The van der Waals surface area contributed by atoms with E-state index in [1.54, 1.807) is 6.92 Å². The Morgan fingerprint density at radius 3 is 2.29 bits per heavy atom. The first-order chi connectivity index (χ1) is 6.37. The highest BCUT2D eigenvalue weighted by Gasteiger charge is 2.32. The highest BCUT2D eigenvalue weighted by Crippen LogP contribution is 2.23. The number of nitrogens with zero attached hydrogens (tertiary/aromatic N) is 1. The van der Waals surface area contributed by atoms with Crippen LogP contribution in [0, 0.1) is 0 Å². The Bertz CT molecular complexity index is 274. The van der Waals surface area contributed by atoms with Crippen LogP contribution in [0.2, 0.25) is 0 Å². The second kappa shape index (κ2) is 4.16. The van der Waals surface area contributed by atoms with E-state index in [4.69, 9.17) is 0 Å². The van der Waals surface area contributed by atoms with E-state index in [-0.39, 0.29) is 5.75 Å². The van der Waals surface area contributed by atoms with Gasteiger partial charge in [0, 0.05) is 13.1 Å². The van der Waals surface area contributed by atoms with Crippen molar-refractivity contribution in [1.29, 1.82) is 0 Å². The number of rotatable bonds is 3. The molecule has 84 valence electrons. The molecule has 0 aromatic heterocycles. The van der Waals surface area contributed by atoms with Crippen LogP contribution in [0.3, 0.4) is 0 Å². The van der Waals surface area contributed by atoms with Crippen molar-refractivity contribution in [3.05, 3.63) is 0 Å². The minimum atomic E-state index is -3.06. The summed E-state index contributed by atoms with van der Waals surface area (Å²) in [5.74, 6) is 0.217. The molecule has 1 fully saturated rings. The average Bonchev–Trinajstić information content (AvgIpc) is 2.03. The average molecular weight is 221 g/mol. The van der Waals surface area contributed by atoms with E-state index in [1.165, 1.54) is 4.31 Å². The quantitative estimate of drug-likeness (QED) is 0.758. The largest absolute Gasteiger partial charge is 0.390 e. The third-order valence-corrected chi connectivity index (χ3v) is 4.73. The smallest absolute Gasteiger partial charge is 0.214 e. The maximum atomic E-state index is 11.6. The molecule has 0 bridgehead atoms. The van der Waals surface area contributed by atoms with E-state index in [2.05, 4.69) is 0 Å². The van der Waals surface area contributed by atoms with Gasteiger partial charge in [0.1, 0.15) is 0 Å². The van der Waals surface area contributed by atoms with E-state index in [9.17, 15) is 13.5 Å². The summed E-state index contributed by atoms with van der Waals surface area (Å²) < 4.78 is 24.8. The van der Waals surface area contributed by atoms with Crippen molar-refractivity contribution in [3.63, 3.8) is 0 Å². The van der Waals surface area contributed by atoms with Crippen LogP contribution in [-0.4, -0.2) is 42.3 Å². The molecule has 1 aliphatic heterocycles. The molecular weight excluding hydrogens is 202 g/mol. The van der Waals surface area contributed by atoms with Gasteiger partial charge in [-0.25, -0.2) is 12.7 Å². The molecule has 0 spiro atoms. The fourth-order valence-electron chi connectivity index (χ4n) is 1.63. The molecule has 0 aromatic rings. The Hall–Kier alpha value is -0.130. The molecule has 0 aromatic carbocycles. The molecule has 0 radical (unpaired) electrons. The molecule has 0 unspecified atom stereocenters. The number of piperidine rings is 1. The normalized spacial score (nSPS) is 23.6. The summed E-state index contributed by atoms with van der Waals surface area (Å²) in [6, 6.07) is 0. The predicted molar refractivity (Wildman–Crippen MR) is 55.5 cm³/mol. The second-order valence-electron chi connectivity index (χ2n) is 4.21. The van der Waals surface area contributed by atoms with Gasteiger partial charge in [0.15, 0.2) is 0 Å². The zero-order valence-electron chi connectivity index (χ0n) is 8.86. The zero-order valence-corrected chi connectivity index (χ0v) is 9.68. The van der Waals surface area contributed by atoms with Crippen molar-refractivity contribution in [2.75, 3.05) is 18.8 Å². The summed E-state index contributed by atoms with van der Waals surface area (Å²) >= 11 is 0. The van der Waals surface area contributed by atoms with Crippen LogP contribution in [0.1, 0.15) is 33.1 Å². The Labute approximate surface area is 86.0 Å². The molecule has 1 aliphatic rings. The molecule has 0 saturated carbocycles. The van der Waals surface area contributed by atoms with Crippen LogP contribution in [-0.2, 0) is 10.0 Å². The fourth-order valence-corrected chi connectivity index (χ4v) is 3.15. The summed E-state index contributed by atoms with van der Waals surface area (Å²) in [4.78, 5) is 0. The summed E-state index contributed by atoms with van der Waals surface area (Å²) in [5, 5.41) is 9.67. The van der Waals surface area contributed by atoms with Crippen molar-refractivity contribution < 1.29 is 13.5 Å². The first kappa shape index (κ1) is 11.9. The topological polar surface area (TPSA) is 57.6 Å². The summed E-state index contributed by atoms with van der Waals surface area (Å²) in [6.07, 6.45) is 1.72. The first-order valence-electron chi connectivity index (χ1n) is 5.07. The van der Waals surface area contributed by atoms with Gasteiger partial charge in [-0.05, 0) is 26.2 Å². The maximum absolute atomic E-state index is 11.6. The molecule has 0 aliphatic carbocycles. The van der Waals surface area contributed by atoms with Gasteiger partial charge in [-0.1, -0.05) is 6.92 Å². The molecule has 0 atom stereocenters. The second-order valence-corrected chi connectivity index (χ2v) is 6.30. The lowest BCUT2D eigenvalue weighted by Crippen LogP contribution is -2.45. The van der Waals surface area contributed by atoms with Crippen molar-refractivity contribution in [2.24, 2.45) is 0 Å². The molecule has 1 rings (SSSR count). The minimum Gasteiger partial charge on any atom is -0.390 e. The van der Waals surface area contributed by atoms with Crippen LogP contribution in [0.5, 0.6) is 0 Å². The Balaban J connectivity index is 2.58. The van der Waals surface area contributed by atoms with Crippen LogP contribution < -0.4 is 0 Å². The van der Waals surface area contributed by atoms with Gasteiger partial charge in [0.2, 0.25) is 10.0 Å². The van der Waals surface area contributed by atoms with E-state index in [0.717, 1.165) is 0 Å². The number of hydrogen-bond donors (Lipinski definition) is 1. The van der Waals surface area contributed by atoms with E-state index in [1.807, 2.05) is 6.92 Å². The Kier molecular flexibility index (Phi) is 3.55. The summed E-state index contributed by atoms with van der Waals surface area (Å²) in [5.41, 5.74) is -0.682. The highest BCUT2D eigenvalue weighted by molar-refractivity contribution is 7.89. The van der Waals surface area contributed by atoms with Gasteiger partial charge in [-0.15, -0.1) is 0 Å². The number of sulfonamides is 1. The predicted octanol–water partition coefficient (Wildman–Crippen LogP) is 0.573. The monoisotopic (exact) mass is 221 g/mol. The van der Waals surface area contributed by atoms with Gasteiger partial charge in [-0.2, -0.15) is 0 Å². The van der Waals surface area contributed by atoms with E-state index < -0.39 is 15.6 Å². The fraction of sp³-hybridized carbons (Fsp3) is 1.00. The molecule has 4 nitrogen and oxygen atoms in total. The maximum Gasteiger partial charge on any atom is 0.214 e. The molecule has 1 saturated heterocycles. The number of hydrogen-bond acceptors (Lipinski definition) is 3. The van der Waals surface area contributed by atoms with Gasteiger partial charge in [0.05, 0.1) is 11.4 Å². The lowest BCUT2D eigenvalue weighted by atomic mass is 9.95. The lowest BCUT2D eigenvalue weighted by Gasteiger charge is -2.34. The van der Waals surface area contributed by atoms with Crippen LogP contribution in [0.4, 0.5) is 0 Å². The Morgan fingerprint density at radius 2 is 1.86 bits per heavy atom. The summed E-state index contributed by atoms with van der Waals surface area (Å²) in [6.45, 7) is 4.53. The third kappa shape index (κ3) is 2.93. The summed E-state index contributed by atoms with van der Waals surface area (Å²) in [7, 11) is -3.06. The third-order valence-electron chi connectivity index (χ3n) is 2.66. The van der Waals surface area contributed by atoms with Crippen LogP contribution in [0.25, 0.3) is 0 Å². The SMILES string of the molecule is CCCS(=O)(=O)N1CCC(C)(O)CC1.